The molecule has 0 spiro atoms. The third-order valence-electron chi connectivity index (χ3n) is 2.62. The van der Waals surface area contributed by atoms with E-state index in [1.165, 1.54) is 11.6 Å². The molecule has 19 heavy (non-hydrogen) atoms. The number of carbonyl (C=O) groups excluding carboxylic acids is 1. The van der Waals surface area contributed by atoms with E-state index in [2.05, 4.69) is 10.3 Å². The van der Waals surface area contributed by atoms with Gasteiger partial charge in [-0.15, -0.1) is 0 Å². The molecule has 1 heterocycles. The molecule has 0 aliphatic rings. The minimum Gasteiger partial charge on any atom is -0.358 e. The Labute approximate surface area is 109 Å². The Morgan fingerprint density at radius 1 is 1.42 bits per heavy atom. The quantitative estimate of drug-likeness (QED) is 0.666. The Morgan fingerprint density at radius 3 is 2.68 bits per heavy atom. The summed E-state index contributed by atoms with van der Waals surface area (Å²) in [6.07, 6.45) is 1.13. The van der Waals surface area contributed by atoms with Crippen molar-refractivity contribution in [3.63, 3.8) is 0 Å². The molecule has 7 heteroatoms. The largest absolute Gasteiger partial charge is 0.358 e. The number of rotatable bonds is 4. The number of nitrogens with zero attached hydrogens (tertiary/aromatic N) is 3. The maximum atomic E-state index is 11.8. The van der Waals surface area contributed by atoms with Crippen LogP contribution in [-0.2, 0) is 18.3 Å². The van der Waals surface area contributed by atoms with E-state index in [0.717, 1.165) is 6.20 Å². The summed E-state index contributed by atoms with van der Waals surface area (Å²) in [5.41, 5.74) is 0.677. The van der Waals surface area contributed by atoms with Crippen LogP contribution in [0.2, 0.25) is 0 Å². The minimum absolute atomic E-state index is 0.0146. The average Bonchev–Trinajstić information content (AvgIpc) is 2.72. The molecule has 98 valence electrons. The minimum atomic E-state index is -0.536. The summed E-state index contributed by atoms with van der Waals surface area (Å²) in [4.78, 5) is 25.8. The molecule has 0 fully saturated rings. The summed E-state index contributed by atoms with van der Waals surface area (Å²) in [7, 11) is 1.51. The molecular weight excluding hydrogens is 248 g/mol. The first-order chi connectivity index (χ1) is 9.08. The van der Waals surface area contributed by atoms with Crippen LogP contribution in [0.15, 0.2) is 36.5 Å². The number of imidazole rings is 1. The number of benzene rings is 1. The molecule has 0 unspecified atom stereocenters. The molecule has 1 aromatic heterocycles. The molecule has 7 nitrogen and oxygen atoms in total. The second-order valence-corrected chi connectivity index (χ2v) is 3.94. The first-order valence-corrected chi connectivity index (χ1v) is 5.58. The number of nitrogens with one attached hydrogen (secondary N) is 1. The summed E-state index contributed by atoms with van der Waals surface area (Å²) >= 11 is 0. The van der Waals surface area contributed by atoms with Crippen molar-refractivity contribution < 1.29 is 9.72 Å². The molecular formula is C12H12N4O3. The van der Waals surface area contributed by atoms with Gasteiger partial charge in [0.25, 0.3) is 0 Å². The van der Waals surface area contributed by atoms with E-state index in [-0.39, 0.29) is 18.1 Å². The Kier molecular flexibility index (Phi) is 3.56. The number of carbonyl (C=O) groups is 1. The standard InChI is InChI=1S/C12H12N4O3/c1-15-10(13-8-12(15)16(18)19)7-11(17)14-9-5-3-2-4-6-9/h2-6,8H,7H2,1H3,(H,14,17). The monoisotopic (exact) mass is 260 g/mol. The summed E-state index contributed by atoms with van der Waals surface area (Å²) in [5.74, 6) is -0.0579. The van der Waals surface area contributed by atoms with Crippen molar-refractivity contribution in [2.24, 2.45) is 7.05 Å². The van der Waals surface area contributed by atoms with Crippen molar-refractivity contribution in [1.29, 1.82) is 0 Å². The number of nitro groups is 1. The highest BCUT2D eigenvalue weighted by Gasteiger charge is 2.18. The topological polar surface area (TPSA) is 90.1 Å². The Bertz CT molecular complexity index is 607. The molecule has 1 amide bonds. The van der Waals surface area contributed by atoms with Gasteiger partial charge in [-0.2, -0.15) is 0 Å². The van der Waals surface area contributed by atoms with Crippen LogP contribution in [0.25, 0.3) is 0 Å². The van der Waals surface area contributed by atoms with Crippen LogP contribution in [-0.4, -0.2) is 20.4 Å². The van der Waals surface area contributed by atoms with Gasteiger partial charge in [-0.05, 0) is 17.1 Å². The van der Waals surface area contributed by atoms with Crippen LogP contribution in [0.4, 0.5) is 11.5 Å². The van der Waals surface area contributed by atoms with Crippen LogP contribution in [0.1, 0.15) is 5.82 Å². The van der Waals surface area contributed by atoms with Crippen LogP contribution >= 0.6 is 0 Å². The average molecular weight is 260 g/mol. The molecule has 0 saturated carbocycles. The lowest BCUT2D eigenvalue weighted by Gasteiger charge is -2.03. The van der Waals surface area contributed by atoms with E-state index >= 15 is 0 Å². The Morgan fingerprint density at radius 2 is 2.11 bits per heavy atom. The lowest BCUT2D eigenvalue weighted by atomic mass is 10.3. The summed E-state index contributed by atoms with van der Waals surface area (Å²) in [5, 5.41) is 13.4. The van der Waals surface area contributed by atoms with E-state index in [4.69, 9.17) is 0 Å². The number of anilines is 1. The molecule has 1 aromatic carbocycles. The first-order valence-electron chi connectivity index (χ1n) is 5.58. The van der Waals surface area contributed by atoms with Gasteiger partial charge in [0, 0.05) is 5.69 Å². The third kappa shape index (κ3) is 2.95. The van der Waals surface area contributed by atoms with E-state index in [0.29, 0.717) is 11.5 Å². The SMILES string of the molecule is Cn1c([N+](=O)[O-])cnc1CC(=O)Nc1ccccc1. The number of amides is 1. The number of para-hydroxylation sites is 1. The van der Waals surface area contributed by atoms with Crippen LogP contribution in [0.5, 0.6) is 0 Å². The molecule has 0 saturated heterocycles. The zero-order valence-corrected chi connectivity index (χ0v) is 10.2. The lowest BCUT2D eigenvalue weighted by Crippen LogP contribution is -2.17. The molecule has 0 aliphatic carbocycles. The van der Waals surface area contributed by atoms with Gasteiger partial charge in [-0.3, -0.25) is 4.79 Å². The molecule has 2 aromatic rings. The van der Waals surface area contributed by atoms with Crippen molar-refractivity contribution in [1.82, 2.24) is 9.55 Å². The highest BCUT2D eigenvalue weighted by atomic mass is 16.6. The maximum Gasteiger partial charge on any atom is 0.342 e. The highest BCUT2D eigenvalue weighted by molar-refractivity contribution is 5.91. The van der Waals surface area contributed by atoms with E-state index in [1.54, 1.807) is 24.3 Å². The van der Waals surface area contributed by atoms with Gasteiger partial charge in [0.1, 0.15) is 12.6 Å². The van der Waals surface area contributed by atoms with Crippen LogP contribution < -0.4 is 5.32 Å². The van der Waals surface area contributed by atoms with Crippen LogP contribution in [0.3, 0.4) is 0 Å². The van der Waals surface area contributed by atoms with Gasteiger partial charge in [0.05, 0.1) is 7.05 Å². The lowest BCUT2D eigenvalue weighted by molar-refractivity contribution is -0.391. The van der Waals surface area contributed by atoms with E-state index in [1.807, 2.05) is 6.07 Å². The van der Waals surface area contributed by atoms with Crippen molar-refractivity contribution in [3.05, 3.63) is 52.5 Å². The zero-order chi connectivity index (χ0) is 13.8. The van der Waals surface area contributed by atoms with Crippen molar-refractivity contribution >= 4 is 17.4 Å². The summed E-state index contributed by atoms with van der Waals surface area (Å²) in [6, 6.07) is 8.98. The smallest absolute Gasteiger partial charge is 0.342 e. The molecule has 2 rings (SSSR count). The predicted molar refractivity (Wildman–Crippen MR) is 68.6 cm³/mol. The van der Waals surface area contributed by atoms with Crippen LogP contribution in [0, 0.1) is 10.1 Å². The summed E-state index contributed by atoms with van der Waals surface area (Å²) in [6.45, 7) is 0. The second-order valence-electron chi connectivity index (χ2n) is 3.94. The van der Waals surface area contributed by atoms with Gasteiger partial charge in [-0.1, -0.05) is 18.2 Å². The number of aromatic nitrogens is 2. The number of hydrogen-bond acceptors (Lipinski definition) is 4. The maximum absolute atomic E-state index is 11.8. The fourth-order valence-corrected chi connectivity index (χ4v) is 1.64. The van der Waals surface area contributed by atoms with Gasteiger partial charge in [0.2, 0.25) is 11.7 Å². The van der Waals surface area contributed by atoms with Crippen molar-refractivity contribution in [2.45, 2.75) is 6.42 Å². The fourth-order valence-electron chi connectivity index (χ4n) is 1.64. The predicted octanol–water partition coefficient (Wildman–Crippen LogP) is 1.51. The third-order valence-corrected chi connectivity index (χ3v) is 2.62. The second kappa shape index (κ2) is 5.30. The first kappa shape index (κ1) is 12.7. The Balaban J connectivity index is 2.05. The zero-order valence-electron chi connectivity index (χ0n) is 10.2. The van der Waals surface area contributed by atoms with Gasteiger partial charge in [0.15, 0.2) is 0 Å². The normalized spacial score (nSPS) is 10.2. The fraction of sp³-hybridized carbons (Fsp3) is 0.167. The number of hydrogen-bond donors (Lipinski definition) is 1. The Hall–Kier alpha value is -2.70. The van der Waals surface area contributed by atoms with Gasteiger partial charge < -0.3 is 15.4 Å². The van der Waals surface area contributed by atoms with Gasteiger partial charge in [-0.25, -0.2) is 9.55 Å². The highest BCUT2D eigenvalue weighted by Crippen LogP contribution is 2.13. The molecule has 0 atom stereocenters. The molecule has 0 radical (unpaired) electrons. The van der Waals surface area contributed by atoms with E-state index < -0.39 is 4.92 Å². The van der Waals surface area contributed by atoms with Gasteiger partial charge >= 0.3 is 5.82 Å². The van der Waals surface area contributed by atoms with Crippen molar-refractivity contribution in [2.75, 3.05) is 5.32 Å². The summed E-state index contributed by atoms with van der Waals surface area (Å²) < 4.78 is 1.30. The van der Waals surface area contributed by atoms with Crippen molar-refractivity contribution in [3.8, 4) is 0 Å². The molecule has 0 aliphatic heterocycles. The van der Waals surface area contributed by atoms with E-state index in [9.17, 15) is 14.9 Å². The molecule has 0 bridgehead atoms. The molecule has 1 N–H and O–H groups in total.